The molecule has 0 bridgehead atoms. The molecular formula is C14H18FNO. The molecule has 0 amide bonds. The lowest BCUT2D eigenvalue weighted by atomic mass is 9.97. The SMILES string of the molecule is CC(C)(C)c1nc2ccc(C(C)(C)F)cc2o1. The fourth-order valence-corrected chi connectivity index (χ4v) is 1.62. The van der Waals surface area contributed by atoms with Crippen molar-refractivity contribution in [3.8, 4) is 0 Å². The van der Waals surface area contributed by atoms with E-state index in [4.69, 9.17) is 4.42 Å². The predicted molar refractivity (Wildman–Crippen MR) is 66.8 cm³/mol. The Morgan fingerprint density at radius 3 is 2.29 bits per heavy atom. The highest BCUT2D eigenvalue weighted by Crippen LogP contribution is 2.30. The highest BCUT2D eigenvalue weighted by molar-refractivity contribution is 5.73. The Morgan fingerprint density at radius 1 is 1.12 bits per heavy atom. The van der Waals surface area contributed by atoms with Crippen molar-refractivity contribution in [2.24, 2.45) is 0 Å². The van der Waals surface area contributed by atoms with Crippen LogP contribution >= 0.6 is 0 Å². The summed E-state index contributed by atoms with van der Waals surface area (Å²) >= 11 is 0. The molecule has 0 unspecified atom stereocenters. The number of fused-ring (bicyclic) bond motifs is 1. The minimum absolute atomic E-state index is 0.135. The second kappa shape index (κ2) is 3.56. The summed E-state index contributed by atoms with van der Waals surface area (Å²) in [6.45, 7) is 9.19. The van der Waals surface area contributed by atoms with Crippen molar-refractivity contribution >= 4 is 11.1 Å². The zero-order valence-corrected chi connectivity index (χ0v) is 11.0. The van der Waals surface area contributed by atoms with Gasteiger partial charge in [-0.1, -0.05) is 26.8 Å². The molecule has 1 aromatic carbocycles. The van der Waals surface area contributed by atoms with E-state index in [1.807, 2.05) is 26.8 Å². The van der Waals surface area contributed by atoms with E-state index < -0.39 is 5.67 Å². The largest absolute Gasteiger partial charge is 0.440 e. The fraction of sp³-hybridized carbons (Fsp3) is 0.500. The molecule has 0 fully saturated rings. The molecule has 2 rings (SSSR count). The fourth-order valence-electron chi connectivity index (χ4n) is 1.62. The third-order valence-corrected chi connectivity index (χ3v) is 2.72. The lowest BCUT2D eigenvalue weighted by Crippen LogP contribution is -2.10. The van der Waals surface area contributed by atoms with Crippen LogP contribution in [0.15, 0.2) is 22.6 Å². The van der Waals surface area contributed by atoms with Gasteiger partial charge < -0.3 is 4.42 Å². The number of alkyl halides is 1. The van der Waals surface area contributed by atoms with Gasteiger partial charge in [-0.15, -0.1) is 0 Å². The highest BCUT2D eigenvalue weighted by atomic mass is 19.1. The molecule has 3 heteroatoms. The number of oxazole rings is 1. The summed E-state index contributed by atoms with van der Waals surface area (Å²) in [5, 5.41) is 0. The normalized spacial score (nSPS) is 13.3. The predicted octanol–water partition coefficient (Wildman–Crippen LogP) is 4.33. The van der Waals surface area contributed by atoms with E-state index in [1.165, 1.54) is 13.8 Å². The van der Waals surface area contributed by atoms with Gasteiger partial charge in [-0.05, 0) is 31.5 Å². The van der Waals surface area contributed by atoms with Crippen molar-refractivity contribution in [3.63, 3.8) is 0 Å². The summed E-state index contributed by atoms with van der Waals surface area (Å²) in [6, 6.07) is 5.31. The first-order chi connectivity index (χ1) is 7.68. The third kappa shape index (κ3) is 2.33. The molecule has 17 heavy (non-hydrogen) atoms. The van der Waals surface area contributed by atoms with Crippen LogP contribution in [0.3, 0.4) is 0 Å². The van der Waals surface area contributed by atoms with Gasteiger partial charge >= 0.3 is 0 Å². The van der Waals surface area contributed by atoms with Crippen molar-refractivity contribution in [1.29, 1.82) is 0 Å². The van der Waals surface area contributed by atoms with Crippen molar-refractivity contribution < 1.29 is 8.81 Å². The summed E-state index contributed by atoms with van der Waals surface area (Å²) in [6.07, 6.45) is 0. The van der Waals surface area contributed by atoms with E-state index in [2.05, 4.69) is 4.98 Å². The summed E-state index contributed by atoms with van der Waals surface area (Å²) in [4.78, 5) is 4.42. The topological polar surface area (TPSA) is 26.0 Å². The van der Waals surface area contributed by atoms with Crippen LogP contribution in [0.1, 0.15) is 46.1 Å². The lowest BCUT2D eigenvalue weighted by Gasteiger charge is -2.13. The van der Waals surface area contributed by atoms with E-state index in [1.54, 1.807) is 12.1 Å². The van der Waals surface area contributed by atoms with Crippen molar-refractivity contribution in [3.05, 3.63) is 29.7 Å². The summed E-state index contributed by atoms with van der Waals surface area (Å²) < 4.78 is 19.5. The van der Waals surface area contributed by atoms with Crippen molar-refractivity contribution in [1.82, 2.24) is 4.98 Å². The molecule has 1 heterocycles. The number of hydrogen-bond acceptors (Lipinski definition) is 2. The molecule has 0 spiro atoms. The maximum absolute atomic E-state index is 13.8. The average Bonchev–Trinajstić information content (AvgIpc) is 2.57. The van der Waals surface area contributed by atoms with Crippen LogP contribution in [0.5, 0.6) is 0 Å². The number of halogens is 1. The van der Waals surface area contributed by atoms with Crippen LogP contribution in [0.25, 0.3) is 11.1 Å². The number of hydrogen-bond donors (Lipinski definition) is 0. The Morgan fingerprint density at radius 2 is 1.76 bits per heavy atom. The van der Waals surface area contributed by atoms with Gasteiger partial charge in [0.1, 0.15) is 11.2 Å². The van der Waals surface area contributed by atoms with E-state index >= 15 is 0 Å². The van der Waals surface area contributed by atoms with Crippen LogP contribution in [0, 0.1) is 0 Å². The molecule has 92 valence electrons. The number of rotatable bonds is 1. The molecule has 0 aliphatic rings. The van der Waals surface area contributed by atoms with Gasteiger partial charge in [-0.25, -0.2) is 9.37 Å². The smallest absolute Gasteiger partial charge is 0.200 e. The zero-order valence-electron chi connectivity index (χ0n) is 11.0. The Labute approximate surface area is 101 Å². The van der Waals surface area contributed by atoms with Gasteiger partial charge in [-0.2, -0.15) is 0 Å². The third-order valence-electron chi connectivity index (χ3n) is 2.72. The summed E-state index contributed by atoms with van der Waals surface area (Å²) in [7, 11) is 0. The minimum Gasteiger partial charge on any atom is -0.440 e. The molecule has 0 N–H and O–H groups in total. The van der Waals surface area contributed by atoms with Crippen LogP contribution < -0.4 is 0 Å². The monoisotopic (exact) mass is 235 g/mol. The first-order valence-electron chi connectivity index (χ1n) is 5.78. The molecule has 0 saturated heterocycles. The molecule has 0 aliphatic heterocycles. The number of aromatic nitrogens is 1. The number of nitrogens with zero attached hydrogens (tertiary/aromatic N) is 1. The Kier molecular flexibility index (Phi) is 2.53. The molecule has 2 aromatic rings. The molecule has 2 nitrogen and oxygen atoms in total. The average molecular weight is 235 g/mol. The minimum atomic E-state index is -1.36. The van der Waals surface area contributed by atoms with E-state index in [-0.39, 0.29) is 5.41 Å². The maximum Gasteiger partial charge on any atom is 0.200 e. The summed E-state index contributed by atoms with van der Waals surface area (Å²) in [5.41, 5.74) is 0.551. The Balaban J connectivity index is 2.56. The number of benzene rings is 1. The maximum atomic E-state index is 13.8. The van der Waals surface area contributed by atoms with E-state index in [0.29, 0.717) is 17.0 Å². The highest BCUT2D eigenvalue weighted by Gasteiger charge is 2.23. The van der Waals surface area contributed by atoms with Crippen LogP contribution in [-0.4, -0.2) is 4.98 Å². The van der Waals surface area contributed by atoms with Crippen molar-refractivity contribution in [2.75, 3.05) is 0 Å². The standard InChI is InChI=1S/C14H18FNO/c1-13(2,3)12-16-10-7-6-9(14(4,5)15)8-11(10)17-12/h6-8H,1-5H3. The van der Waals surface area contributed by atoms with E-state index in [0.717, 1.165) is 5.52 Å². The van der Waals surface area contributed by atoms with Crippen LogP contribution in [0.2, 0.25) is 0 Å². The summed E-state index contributed by atoms with van der Waals surface area (Å²) in [5.74, 6) is 0.682. The first-order valence-corrected chi connectivity index (χ1v) is 5.78. The quantitative estimate of drug-likeness (QED) is 0.735. The van der Waals surface area contributed by atoms with Crippen LogP contribution in [-0.2, 0) is 11.1 Å². The Hall–Kier alpha value is -1.38. The molecule has 1 aromatic heterocycles. The second-order valence-corrected chi connectivity index (χ2v) is 5.92. The molecule has 0 saturated carbocycles. The lowest BCUT2D eigenvalue weighted by molar-refractivity contribution is 0.221. The van der Waals surface area contributed by atoms with E-state index in [9.17, 15) is 4.39 Å². The first kappa shape index (κ1) is 12.1. The second-order valence-electron chi connectivity index (χ2n) is 5.92. The molecular weight excluding hydrogens is 217 g/mol. The molecule has 0 radical (unpaired) electrons. The Bertz CT molecular complexity index is 531. The van der Waals surface area contributed by atoms with Crippen molar-refractivity contribution in [2.45, 2.75) is 45.7 Å². The molecule has 0 aliphatic carbocycles. The van der Waals surface area contributed by atoms with Gasteiger partial charge in [-0.3, -0.25) is 0 Å². The zero-order chi connectivity index (χ0) is 12.8. The van der Waals surface area contributed by atoms with Gasteiger partial charge in [0.2, 0.25) is 5.89 Å². The van der Waals surface area contributed by atoms with Crippen LogP contribution in [0.4, 0.5) is 4.39 Å². The molecule has 0 atom stereocenters. The van der Waals surface area contributed by atoms with Gasteiger partial charge in [0.25, 0.3) is 0 Å². The van der Waals surface area contributed by atoms with Gasteiger partial charge in [0, 0.05) is 5.41 Å². The van der Waals surface area contributed by atoms with Gasteiger partial charge in [0.15, 0.2) is 5.58 Å². The van der Waals surface area contributed by atoms with Gasteiger partial charge in [0.05, 0.1) is 0 Å².